The number of benzene rings is 1. The number of rotatable bonds is 5. The lowest BCUT2D eigenvalue weighted by atomic mass is 10.0. The van der Waals surface area contributed by atoms with Crippen molar-refractivity contribution in [2.75, 3.05) is 0 Å². The van der Waals surface area contributed by atoms with E-state index in [0.717, 1.165) is 24.9 Å². The van der Waals surface area contributed by atoms with Crippen molar-refractivity contribution < 1.29 is 0 Å². The number of aryl methyl sites for hydroxylation is 1. The standard InChI is InChI=1S/C14H20N/c1-4-13(5-2)10-11-15-14-8-6-12(3)7-9-14/h6-9,11H,4-5,10H2,1-3H3. The van der Waals surface area contributed by atoms with E-state index in [0.29, 0.717) is 0 Å². The zero-order valence-corrected chi connectivity index (χ0v) is 9.96. The predicted molar refractivity (Wildman–Crippen MR) is 67.8 cm³/mol. The van der Waals surface area contributed by atoms with E-state index in [1.165, 1.54) is 5.56 Å². The molecule has 1 rings (SSSR count). The van der Waals surface area contributed by atoms with Crippen molar-refractivity contribution in [3.8, 4) is 0 Å². The Labute approximate surface area is 93.2 Å². The normalized spacial score (nSPS) is 11.5. The first-order valence-corrected chi connectivity index (χ1v) is 5.69. The first-order valence-electron chi connectivity index (χ1n) is 5.69. The lowest BCUT2D eigenvalue weighted by Gasteiger charge is -2.06. The van der Waals surface area contributed by atoms with Gasteiger partial charge in [-0.15, -0.1) is 0 Å². The molecule has 0 amide bonds. The summed E-state index contributed by atoms with van der Waals surface area (Å²) >= 11 is 0. The van der Waals surface area contributed by atoms with Crippen LogP contribution in [0.4, 0.5) is 5.69 Å². The maximum Gasteiger partial charge on any atom is 0.0625 e. The fraction of sp³-hybridized carbons (Fsp3) is 0.429. The molecule has 1 nitrogen and oxygen atoms in total. The SMILES string of the molecule is CC[C](CC)CC=Nc1ccc(C)cc1. The van der Waals surface area contributed by atoms with E-state index in [2.05, 4.69) is 50.0 Å². The van der Waals surface area contributed by atoms with E-state index in [-0.39, 0.29) is 0 Å². The van der Waals surface area contributed by atoms with E-state index >= 15 is 0 Å². The maximum absolute atomic E-state index is 4.44. The number of aliphatic imine (C=N–C) groups is 1. The molecular formula is C14H20N. The summed E-state index contributed by atoms with van der Waals surface area (Å²) in [4.78, 5) is 4.44. The van der Waals surface area contributed by atoms with Crippen molar-refractivity contribution in [2.24, 2.45) is 4.99 Å². The molecule has 0 fully saturated rings. The van der Waals surface area contributed by atoms with Crippen LogP contribution in [0.2, 0.25) is 0 Å². The largest absolute Gasteiger partial charge is 0.261 e. The molecule has 0 bridgehead atoms. The molecule has 81 valence electrons. The van der Waals surface area contributed by atoms with Crippen molar-refractivity contribution in [1.82, 2.24) is 0 Å². The Morgan fingerprint density at radius 3 is 2.27 bits per heavy atom. The Balaban J connectivity index is 2.47. The summed E-state index contributed by atoms with van der Waals surface area (Å²) in [5.74, 6) is 1.56. The third-order valence-corrected chi connectivity index (χ3v) is 2.65. The van der Waals surface area contributed by atoms with Gasteiger partial charge in [0.05, 0.1) is 5.69 Å². The van der Waals surface area contributed by atoms with Gasteiger partial charge in [0.15, 0.2) is 0 Å². The summed E-state index contributed by atoms with van der Waals surface area (Å²) in [5, 5.41) is 0. The van der Waals surface area contributed by atoms with Crippen molar-refractivity contribution in [2.45, 2.75) is 40.0 Å². The Morgan fingerprint density at radius 2 is 1.73 bits per heavy atom. The van der Waals surface area contributed by atoms with E-state index < -0.39 is 0 Å². The van der Waals surface area contributed by atoms with Gasteiger partial charge in [-0.25, -0.2) is 0 Å². The van der Waals surface area contributed by atoms with Crippen LogP contribution in [-0.4, -0.2) is 6.21 Å². The van der Waals surface area contributed by atoms with Crippen LogP contribution in [0.1, 0.15) is 38.7 Å². The Morgan fingerprint density at radius 1 is 1.13 bits per heavy atom. The molecule has 1 aromatic carbocycles. The van der Waals surface area contributed by atoms with Crippen molar-refractivity contribution in [3.05, 3.63) is 35.7 Å². The second-order valence-corrected chi connectivity index (χ2v) is 3.81. The minimum atomic E-state index is 1.01. The first kappa shape index (κ1) is 12.0. The molecule has 0 N–H and O–H groups in total. The van der Waals surface area contributed by atoms with Gasteiger partial charge in [0.2, 0.25) is 0 Å². The molecule has 1 radical (unpaired) electrons. The Hall–Kier alpha value is -1.11. The molecule has 1 heteroatoms. The van der Waals surface area contributed by atoms with Gasteiger partial charge in [0.1, 0.15) is 0 Å². The van der Waals surface area contributed by atoms with E-state index in [1.807, 2.05) is 6.21 Å². The molecule has 0 spiro atoms. The van der Waals surface area contributed by atoms with Gasteiger partial charge in [-0.2, -0.15) is 0 Å². The summed E-state index contributed by atoms with van der Waals surface area (Å²) in [6.07, 6.45) is 5.36. The van der Waals surface area contributed by atoms with Gasteiger partial charge in [0.25, 0.3) is 0 Å². The second-order valence-electron chi connectivity index (χ2n) is 3.81. The summed E-state index contributed by atoms with van der Waals surface area (Å²) in [6, 6.07) is 8.31. The summed E-state index contributed by atoms with van der Waals surface area (Å²) in [7, 11) is 0. The van der Waals surface area contributed by atoms with Gasteiger partial charge in [0, 0.05) is 6.21 Å². The van der Waals surface area contributed by atoms with Gasteiger partial charge in [-0.3, -0.25) is 4.99 Å². The molecule has 0 unspecified atom stereocenters. The molecule has 0 saturated heterocycles. The van der Waals surface area contributed by atoms with Crippen molar-refractivity contribution in [1.29, 1.82) is 0 Å². The van der Waals surface area contributed by atoms with Gasteiger partial charge in [-0.05, 0) is 44.2 Å². The van der Waals surface area contributed by atoms with E-state index in [4.69, 9.17) is 0 Å². The van der Waals surface area contributed by atoms with Gasteiger partial charge in [-0.1, -0.05) is 31.5 Å². The highest BCUT2D eigenvalue weighted by atomic mass is 14.7. The number of hydrogen-bond donors (Lipinski definition) is 0. The topological polar surface area (TPSA) is 12.4 Å². The van der Waals surface area contributed by atoms with Crippen LogP contribution in [0.25, 0.3) is 0 Å². The Kier molecular flexibility index (Phi) is 5.09. The highest BCUT2D eigenvalue weighted by molar-refractivity contribution is 5.65. The molecule has 15 heavy (non-hydrogen) atoms. The zero-order valence-electron chi connectivity index (χ0n) is 9.96. The minimum Gasteiger partial charge on any atom is -0.261 e. The maximum atomic E-state index is 4.44. The molecule has 0 aliphatic rings. The monoisotopic (exact) mass is 202 g/mol. The Bertz CT molecular complexity index is 294. The third kappa shape index (κ3) is 4.28. The second kappa shape index (κ2) is 6.39. The molecule has 0 saturated carbocycles. The molecule has 0 atom stereocenters. The summed E-state index contributed by atoms with van der Waals surface area (Å²) < 4.78 is 0. The third-order valence-electron chi connectivity index (χ3n) is 2.65. The highest BCUT2D eigenvalue weighted by Crippen LogP contribution is 2.16. The van der Waals surface area contributed by atoms with Crippen LogP contribution >= 0.6 is 0 Å². The smallest absolute Gasteiger partial charge is 0.0625 e. The van der Waals surface area contributed by atoms with Crippen LogP contribution in [0.3, 0.4) is 0 Å². The number of hydrogen-bond acceptors (Lipinski definition) is 1. The number of nitrogens with zero attached hydrogens (tertiary/aromatic N) is 1. The van der Waals surface area contributed by atoms with Crippen LogP contribution in [0.5, 0.6) is 0 Å². The lowest BCUT2D eigenvalue weighted by molar-refractivity contribution is 0.789. The highest BCUT2D eigenvalue weighted by Gasteiger charge is 2.00. The van der Waals surface area contributed by atoms with Gasteiger partial charge < -0.3 is 0 Å². The molecule has 0 heterocycles. The molecular weight excluding hydrogens is 182 g/mol. The van der Waals surface area contributed by atoms with Crippen molar-refractivity contribution in [3.63, 3.8) is 0 Å². The fourth-order valence-corrected chi connectivity index (χ4v) is 1.45. The summed E-state index contributed by atoms with van der Waals surface area (Å²) in [5.41, 5.74) is 2.33. The minimum absolute atomic E-state index is 1.01. The average Bonchev–Trinajstić information content (AvgIpc) is 2.27. The van der Waals surface area contributed by atoms with Gasteiger partial charge >= 0.3 is 0 Å². The predicted octanol–water partition coefficient (Wildman–Crippen LogP) is 4.48. The van der Waals surface area contributed by atoms with Crippen LogP contribution < -0.4 is 0 Å². The first-order chi connectivity index (χ1) is 7.26. The summed E-state index contributed by atoms with van der Waals surface area (Å²) in [6.45, 7) is 6.50. The molecule has 0 aliphatic carbocycles. The molecule has 1 aromatic rings. The van der Waals surface area contributed by atoms with Crippen molar-refractivity contribution >= 4 is 11.9 Å². The van der Waals surface area contributed by atoms with Crippen LogP contribution in [0.15, 0.2) is 29.3 Å². The molecule has 0 aliphatic heterocycles. The quantitative estimate of drug-likeness (QED) is 0.624. The van der Waals surface area contributed by atoms with E-state index in [9.17, 15) is 0 Å². The lowest BCUT2D eigenvalue weighted by Crippen LogP contribution is -1.93. The zero-order chi connectivity index (χ0) is 11.1. The van der Waals surface area contributed by atoms with Crippen LogP contribution in [-0.2, 0) is 0 Å². The molecule has 0 aromatic heterocycles. The average molecular weight is 202 g/mol. The van der Waals surface area contributed by atoms with E-state index in [1.54, 1.807) is 5.92 Å². The fourth-order valence-electron chi connectivity index (χ4n) is 1.45. The van der Waals surface area contributed by atoms with Crippen LogP contribution in [0, 0.1) is 12.8 Å².